The summed E-state index contributed by atoms with van der Waals surface area (Å²) in [5, 5.41) is 0. The molecule has 2 unspecified atom stereocenters. The van der Waals surface area contributed by atoms with Gasteiger partial charge in [0.1, 0.15) is 0 Å². The van der Waals surface area contributed by atoms with E-state index in [-0.39, 0.29) is 12.1 Å². The summed E-state index contributed by atoms with van der Waals surface area (Å²) in [7, 11) is -0.417. The number of rotatable bonds is 9. The van der Waals surface area contributed by atoms with Crippen molar-refractivity contribution in [1.29, 1.82) is 0 Å². The van der Waals surface area contributed by atoms with Crippen LogP contribution >= 0.6 is 0 Å². The van der Waals surface area contributed by atoms with Crippen molar-refractivity contribution in [3.05, 3.63) is 0 Å². The van der Waals surface area contributed by atoms with E-state index in [0.717, 1.165) is 19.3 Å². The summed E-state index contributed by atoms with van der Waals surface area (Å²) in [6.07, 6.45) is 2.73. The fourth-order valence-corrected chi connectivity index (χ4v) is 4.74. The highest BCUT2D eigenvalue weighted by atomic mass is 32.2. The van der Waals surface area contributed by atoms with Crippen LogP contribution in [0.5, 0.6) is 0 Å². The lowest BCUT2D eigenvalue weighted by molar-refractivity contribution is 0.111. The average molecular weight is 323 g/mol. The van der Waals surface area contributed by atoms with E-state index >= 15 is 0 Å². The van der Waals surface area contributed by atoms with Crippen LogP contribution < -0.4 is 5.73 Å². The van der Waals surface area contributed by atoms with Gasteiger partial charge in [-0.2, -0.15) is 17.0 Å². The third-order valence-corrected chi connectivity index (χ3v) is 6.06. The smallest absolute Gasteiger partial charge is 0.282 e. The summed E-state index contributed by atoms with van der Waals surface area (Å²) >= 11 is 0. The van der Waals surface area contributed by atoms with Crippen LogP contribution in [0.2, 0.25) is 0 Å². The molecule has 0 saturated carbocycles. The van der Waals surface area contributed by atoms with E-state index < -0.39 is 10.2 Å². The molecular formula is C13H29N3O4S. The SMILES string of the molecule is COCCN(C(C)COC)S(=O)(=O)N1CCCCC1CN. The summed E-state index contributed by atoms with van der Waals surface area (Å²) in [6.45, 7) is 3.76. The molecule has 8 heteroatoms. The average Bonchev–Trinajstić information content (AvgIpc) is 2.47. The molecule has 2 N–H and O–H groups in total. The van der Waals surface area contributed by atoms with Gasteiger partial charge in [-0.15, -0.1) is 0 Å². The van der Waals surface area contributed by atoms with Crippen LogP contribution in [0.15, 0.2) is 0 Å². The second-order valence-corrected chi connectivity index (χ2v) is 7.25. The molecule has 0 aliphatic carbocycles. The molecule has 2 atom stereocenters. The van der Waals surface area contributed by atoms with E-state index in [0.29, 0.717) is 32.8 Å². The van der Waals surface area contributed by atoms with Gasteiger partial charge in [-0.05, 0) is 19.8 Å². The molecule has 1 aliphatic heterocycles. The molecule has 0 bridgehead atoms. The lowest BCUT2D eigenvalue weighted by atomic mass is 10.1. The van der Waals surface area contributed by atoms with E-state index in [9.17, 15) is 8.42 Å². The fourth-order valence-electron chi connectivity index (χ4n) is 2.72. The van der Waals surface area contributed by atoms with Gasteiger partial charge in [0.05, 0.1) is 13.2 Å². The predicted molar refractivity (Wildman–Crippen MR) is 82.2 cm³/mol. The number of hydrogen-bond donors (Lipinski definition) is 1. The summed E-state index contributed by atoms with van der Waals surface area (Å²) in [4.78, 5) is 0. The number of nitrogens with two attached hydrogens (primary N) is 1. The maximum Gasteiger partial charge on any atom is 0.282 e. The van der Waals surface area contributed by atoms with Crippen LogP contribution in [-0.2, 0) is 19.7 Å². The van der Waals surface area contributed by atoms with E-state index in [1.807, 2.05) is 6.92 Å². The minimum absolute atomic E-state index is 0.108. The Balaban J connectivity index is 2.95. The number of methoxy groups -OCH3 is 2. The second kappa shape index (κ2) is 9.02. The second-order valence-electron chi connectivity index (χ2n) is 5.41. The number of nitrogens with zero attached hydrogens (tertiary/aromatic N) is 2. The van der Waals surface area contributed by atoms with Gasteiger partial charge in [-0.1, -0.05) is 6.42 Å². The van der Waals surface area contributed by atoms with E-state index in [1.165, 1.54) is 4.31 Å². The zero-order valence-corrected chi connectivity index (χ0v) is 14.1. The molecule has 1 aliphatic rings. The largest absolute Gasteiger partial charge is 0.383 e. The fraction of sp³-hybridized carbons (Fsp3) is 1.00. The zero-order chi connectivity index (χ0) is 15.9. The van der Waals surface area contributed by atoms with Gasteiger partial charge in [0.15, 0.2) is 0 Å². The molecule has 0 aromatic rings. The van der Waals surface area contributed by atoms with E-state index in [4.69, 9.17) is 15.2 Å². The molecule has 0 aromatic carbocycles. The van der Waals surface area contributed by atoms with Gasteiger partial charge in [0.2, 0.25) is 0 Å². The molecule has 1 fully saturated rings. The Labute approximate surface area is 128 Å². The van der Waals surface area contributed by atoms with E-state index in [1.54, 1.807) is 18.5 Å². The van der Waals surface area contributed by atoms with Crippen molar-refractivity contribution in [3.8, 4) is 0 Å². The van der Waals surface area contributed by atoms with Gasteiger partial charge >= 0.3 is 0 Å². The molecule has 21 heavy (non-hydrogen) atoms. The molecule has 7 nitrogen and oxygen atoms in total. The van der Waals surface area contributed by atoms with Crippen LogP contribution in [0.25, 0.3) is 0 Å². The van der Waals surface area contributed by atoms with Crippen molar-refractivity contribution in [2.45, 2.75) is 38.3 Å². The van der Waals surface area contributed by atoms with Crippen LogP contribution in [0, 0.1) is 0 Å². The van der Waals surface area contributed by atoms with Gasteiger partial charge < -0.3 is 15.2 Å². The maximum absolute atomic E-state index is 13.0. The standard InChI is InChI=1S/C13H29N3O4S/c1-12(11-20-3)15(8-9-19-2)21(17,18)16-7-5-4-6-13(16)10-14/h12-13H,4-11,14H2,1-3H3. The highest BCUT2D eigenvalue weighted by Gasteiger charge is 2.37. The summed E-state index contributed by atoms with van der Waals surface area (Å²) in [6, 6.07) is -0.348. The van der Waals surface area contributed by atoms with Crippen LogP contribution in [0.4, 0.5) is 0 Å². The highest BCUT2D eigenvalue weighted by molar-refractivity contribution is 7.86. The Morgan fingerprint density at radius 2 is 2.05 bits per heavy atom. The van der Waals surface area contributed by atoms with Crippen molar-refractivity contribution in [3.63, 3.8) is 0 Å². The molecule has 126 valence electrons. The van der Waals surface area contributed by atoms with Crippen molar-refractivity contribution in [2.75, 3.05) is 47.1 Å². The number of hydrogen-bond acceptors (Lipinski definition) is 5. The normalized spacial score (nSPS) is 22.6. The third kappa shape index (κ3) is 4.87. The number of ether oxygens (including phenoxy) is 2. The first kappa shape index (κ1) is 18.8. The quantitative estimate of drug-likeness (QED) is 0.647. The summed E-state index contributed by atoms with van der Waals surface area (Å²) in [5.41, 5.74) is 5.75. The summed E-state index contributed by atoms with van der Waals surface area (Å²) in [5.74, 6) is 0. The molecule has 1 rings (SSSR count). The first-order chi connectivity index (χ1) is 9.98. The molecule has 0 spiro atoms. The first-order valence-corrected chi connectivity index (χ1v) is 8.85. The highest BCUT2D eigenvalue weighted by Crippen LogP contribution is 2.23. The Morgan fingerprint density at radius 3 is 2.62 bits per heavy atom. The van der Waals surface area contributed by atoms with Gasteiger partial charge in [0.25, 0.3) is 10.2 Å². The maximum atomic E-state index is 13.0. The molecule has 0 radical (unpaired) electrons. The minimum atomic E-state index is -3.55. The van der Waals surface area contributed by atoms with Crippen molar-refractivity contribution in [2.24, 2.45) is 5.73 Å². The third-order valence-electron chi connectivity index (χ3n) is 3.85. The Morgan fingerprint density at radius 1 is 1.33 bits per heavy atom. The topological polar surface area (TPSA) is 85.1 Å². The molecular weight excluding hydrogens is 294 g/mol. The van der Waals surface area contributed by atoms with Crippen LogP contribution in [0.3, 0.4) is 0 Å². The van der Waals surface area contributed by atoms with Gasteiger partial charge in [-0.25, -0.2) is 0 Å². The Hall–Kier alpha value is -0.250. The lowest BCUT2D eigenvalue weighted by Crippen LogP contribution is -2.56. The van der Waals surface area contributed by atoms with Crippen molar-refractivity contribution in [1.82, 2.24) is 8.61 Å². The van der Waals surface area contributed by atoms with Gasteiger partial charge in [-0.3, -0.25) is 0 Å². The van der Waals surface area contributed by atoms with Crippen LogP contribution in [0.1, 0.15) is 26.2 Å². The van der Waals surface area contributed by atoms with Crippen LogP contribution in [-0.4, -0.2) is 76.2 Å². The monoisotopic (exact) mass is 323 g/mol. The van der Waals surface area contributed by atoms with Crippen molar-refractivity contribution < 1.29 is 17.9 Å². The Bertz CT molecular complexity index is 391. The molecule has 0 amide bonds. The molecule has 0 aromatic heterocycles. The number of piperidine rings is 1. The zero-order valence-electron chi connectivity index (χ0n) is 13.3. The first-order valence-electron chi connectivity index (χ1n) is 7.45. The molecule has 1 saturated heterocycles. The minimum Gasteiger partial charge on any atom is -0.383 e. The lowest BCUT2D eigenvalue weighted by Gasteiger charge is -2.39. The van der Waals surface area contributed by atoms with Gasteiger partial charge in [0, 0.05) is 45.9 Å². The van der Waals surface area contributed by atoms with E-state index in [2.05, 4.69) is 0 Å². The Kier molecular flexibility index (Phi) is 8.07. The van der Waals surface area contributed by atoms with Crippen molar-refractivity contribution >= 4 is 10.2 Å². The summed E-state index contributed by atoms with van der Waals surface area (Å²) < 4.78 is 39.1. The molecule has 1 heterocycles. The predicted octanol–water partition coefficient (Wildman–Crippen LogP) is 0.0277.